The van der Waals surface area contributed by atoms with Crippen LogP contribution in [0, 0.1) is 0 Å². The van der Waals surface area contributed by atoms with Crippen molar-refractivity contribution in [1.29, 1.82) is 0 Å². The van der Waals surface area contributed by atoms with Gasteiger partial charge in [0, 0.05) is 10.5 Å². The Balaban J connectivity index is 2.15. The Morgan fingerprint density at radius 3 is 2.65 bits per heavy atom. The van der Waals surface area contributed by atoms with E-state index in [1.807, 2.05) is 0 Å². The molecule has 0 aliphatic carbocycles. The van der Waals surface area contributed by atoms with E-state index < -0.39 is 10.8 Å². The predicted octanol–water partition coefficient (Wildman–Crippen LogP) is 3.34. The van der Waals surface area contributed by atoms with Gasteiger partial charge in [0.25, 0.3) is 0 Å². The summed E-state index contributed by atoms with van der Waals surface area (Å²) >= 11 is 5.96. The minimum atomic E-state index is -1.42. The number of hydrogen-bond acceptors (Lipinski definition) is 3. The molecule has 3 nitrogen and oxygen atoms in total. The van der Waals surface area contributed by atoms with Gasteiger partial charge < -0.3 is 4.74 Å². The van der Waals surface area contributed by atoms with Crippen LogP contribution in [0.4, 0.5) is 0 Å². The van der Waals surface area contributed by atoms with E-state index in [-0.39, 0.29) is 11.5 Å². The number of ether oxygens (including phenoxy) is 1. The van der Waals surface area contributed by atoms with Crippen LogP contribution in [-0.2, 0) is 10.8 Å². The molecule has 0 saturated heterocycles. The standard InChI is InChI=1S/C15H13ClO3S/c1-19-11-5-4-6-12(9-11)20(18)10-15(17)13-7-2-3-8-14(13)16/h2-9H,10H2,1H3. The molecule has 20 heavy (non-hydrogen) atoms. The Morgan fingerprint density at radius 2 is 1.95 bits per heavy atom. The first-order valence-electron chi connectivity index (χ1n) is 5.92. The zero-order chi connectivity index (χ0) is 14.5. The van der Waals surface area contributed by atoms with Crippen LogP contribution in [0.15, 0.2) is 53.4 Å². The van der Waals surface area contributed by atoms with E-state index in [4.69, 9.17) is 16.3 Å². The molecule has 0 saturated carbocycles. The van der Waals surface area contributed by atoms with Gasteiger partial charge >= 0.3 is 0 Å². The fraction of sp³-hybridized carbons (Fsp3) is 0.133. The van der Waals surface area contributed by atoms with Gasteiger partial charge in [0.15, 0.2) is 5.78 Å². The average Bonchev–Trinajstić information content (AvgIpc) is 2.47. The lowest BCUT2D eigenvalue weighted by molar-refractivity contribution is 0.102. The highest BCUT2D eigenvalue weighted by Gasteiger charge is 2.15. The van der Waals surface area contributed by atoms with Crippen LogP contribution in [-0.4, -0.2) is 22.9 Å². The van der Waals surface area contributed by atoms with Gasteiger partial charge in [-0.15, -0.1) is 0 Å². The van der Waals surface area contributed by atoms with E-state index in [1.54, 1.807) is 48.5 Å². The maximum absolute atomic E-state index is 12.2. The lowest BCUT2D eigenvalue weighted by Gasteiger charge is -2.05. The molecule has 1 unspecified atom stereocenters. The minimum Gasteiger partial charge on any atom is -0.497 e. The second-order valence-corrected chi connectivity index (χ2v) is 5.93. The molecule has 0 aromatic heterocycles. The molecule has 0 amide bonds. The monoisotopic (exact) mass is 308 g/mol. The molecule has 1 atom stereocenters. The third kappa shape index (κ3) is 3.46. The SMILES string of the molecule is COc1cccc(S(=O)CC(=O)c2ccccc2Cl)c1. The number of hydrogen-bond donors (Lipinski definition) is 0. The molecule has 0 heterocycles. The van der Waals surface area contributed by atoms with Crippen LogP contribution >= 0.6 is 11.6 Å². The summed E-state index contributed by atoms with van der Waals surface area (Å²) < 4.78 is 17.3. The largest absolute Gasteiger partial charge is 0.497 e. The molecular weight excluding hydrogens is 296 g/mol. The lowest BCUT2D eigenvalue weighted by atomic mass is 10.1. The molecular formula is C15H13ClO3S. The van der Waals surface area contributed by atoms with Crippen molar-refractivity contribution in [1.82, 2.24) is 0 Å². The van der Waals surface area contributed by atoms with Crippen molar-refractivity contribution in [2.24, 2.45) is 0 Å². The smallest absolute Gasteiger partial charge is 0.177 e. The molecule has 0 aliphatic heterocycles. The highest BCUT2D eigenvalue weighted by Crippen LogP contribution is 2.19. The number of carbonyl (C=O) groups is 1. The van der Waals surface area contributed by atoms with E-state index >= 15 is 0 Å². The molecule has 0 N–H and O–H groups in total. The quantitative estimate of drug-likeness (QED) is 0.796. The Labute approximate surface area is 125 Å². The number of methoxy groups -OCH3 is 1. The van der Waals surface area contributed by atoms with E-state index in [1.165, 1.54) is 7.11 Å². The molecule has 5 heteroatoms. The Kier molecular flexibility index (Phi) is 4.93. The summed E-state index contributed by atoms with van der Waals surface area (Å²) in [4.78, 5) is 12.7. The zero-order valence-corrected chi connectivity index (χ0v) is 12.4. The van der Waals surface area contributed by atoms with Crippen molar-refractivity contribution in [2.75, 3.05) is 12.9 Å². The molecule has 0 radical (unpaired) electrons. The van der Waals surface area contributed by atoms with Crippen LogP contribution < -0.4 is 4.74 Å². The number of Topliss-reactive ketones (excluding diaryl/α,β-unsaturated/α-hetero) is 1. The van der Waals surface area contributed by atoms with Gasteiger partial charge in [-0.1, -0.05) is 29.8 Å². The minimum absolute atomic E-state index is 0.100. The van der Waals surface area contributed by atoms with Crippen LogP contribution in [0.3, 0.4) is 0 Å². The molecule has 104 valence electrons. The summed E-state index contributed by atoms with van der Waals surface area (Å²) in [5, 5.41) is 0.375. The zero-order valence-electron chi connectivity index (χ0n) is 10.8. The van der Waals surface area contributed by atoms with E-state index in [9.17, 15) is 9.00 Å². The first-order chi connectivity index (χ1) is 9.61. The second kappa shape index (κ2) is 6.68. The van der Waals surface area contributed by atoms with Gasteiger partial charge in [0.05, 0.1) is 28.7 Å². The van der Waals surface area contributed by atoms with Crippen molar-refractivity contribution >= 4 is 28.2 Å². The van der Waals surface area contributed by atoms with Crippen molar-refractivity contribution in [2.45, 2.75) is 4.90 Å². The Hall–Kier alpha value is -1.65. The third-order valence-electron chi connectivity index (χ3n) is 2.74. The molecule has 0 bridgehead atoms. The van der Waals surface area contributed by atoms with E-state index in [0.717, 1.165) is 0 Å². The highest BCUT2D eigenvalue weighted by atomic mass is 35.5. The van der Waals surface area contributed by atoms with Gasteiger partial charge in [0.1, 0.15) is 5.75 Å². The average molecular weight is 309 g/mol. The predicted molar refractivity (Wildman–Crippen MR) is 80.1 cm³/mol. The molecule has 2 aromatic rings. The van der Waals surface area contributed by atoms with Crippen LogP contribution in [0.5, 0.6) is 5.75 Å². The van der Waals surface area contributed by atoms with Gasteiger partial charge in [-0.05, 0) is 30.3 Å². The molecule has 0 fully saturated rings. The second-order valence-electron chi connectivity index (χ2n) is 4.07. The number of halogens is 1. The van der Waals surface area contributed by atoms with Gasteiger partial charge in [-0.25, -0.2) is 0 Å². The highest BCUT2D eigenvalue weighted by molar-refractivity contribution is 7.85. The fourth-order valence-corrected chi connectivity index (χ4v) is 2.99. The van der Waals surface area contributed by atoms with Gasteiger partial charge in [0.2, 0.25) is 0 Å². The summed E-state index contributed by atoms with van der Waals surface area (Å²) in [5.74, 6) is 0.273. The summed E-state index contributed by atoms with van der Waals surface area (Å²) in [6.07, 6.45) is 0. The van der Waals surface area contributed by atoms with E-state index in [2.05, 4.69) is 0 Å². The number of carbonyl (C=O) groups excluding carboxylic acids is 1. The number of ketones is 1. The molecule has 0 aliphatic rings. The first-order valence-corrected chi connectivity index (χ1v) is 7.61. The Bertz CT molecular complexity index is 655. The topological polar surface area (TPSA) is 43.4 Å². The van der Waals surface area contributed by atoms with Crippen LogP contribution in [0.1, 0.15) is 10.4 Å². The van der Waals surface area contributed by atoms with Gasteiger partial charge in [-0.3, -0.25) is 9.00 Å². The molecule has 0 spiro atoms. The van der Waals surface area contributed by atoms with Crippen molar-refractivity contribution in [3.8, 4) is 5.75 Å². The maximum Gasteiger partial charge on any atom is 0.177 e. The van der Waals surface area contributed by atoms with Gasteiger partial charge in [-0.2, -0.15) is 0 Å². The summed E-state index contributed by atoms with van der Waals surface area (Å²) in [6.45, 7) is 0. The van der Waals surface area contributed by atoms with Crippen molar-refractivity contribution in [3.63, 3.8) is 0 Å². The number of rotatable bonds is 5. The van der Waals surface area contributed by atoms with Crippen LogP contribution in [0.25, 0.3) is 0 Å². The van der Waals surface area contributed by atoms with E-state index in [0.29, 0.717) is 21.2 Å². The van der Waals surface area contributed by atoms with Crippen molar-refractivity contribution in [3.05, 3.63) is 59.1 Å². The van der Waals surface area contributed by atoms with Crippen molar-refractivity contribution < 1.29 is 13.7 Å². The summed E-state index contributed by atoms with van der Waals surface area (Å²) in [5.41, 5.74) is 0.394. The molecule has 2 aromatic carbocycles. The normalized spacial score (nSPS) is 11.9. The maximum atomic E-state index is 12.2. The summed E-state index contributed by atoms with van der Waals surface area (Å²) in [6, 6.07) is 13.6. The lowest BCUT2D eigenvalue weighted by Crippen LogP contribution is -2.11. The number of benzene rings is 2. The first kappa shape index (κ1) is 14.8. The third-order valence-corrected chi connectivity index (χ3v) is 4.37. The summed E-state index contributed by atoms with van der Waals surface area (Å²) in [7, 11) is 0.116. The van der Waals surface area contributed by atoms with Crippen LogP contribution in [0.2, 0.25) is 5.02 Å². The Morgan fingerprint density at radius 1 is 1.20 bits per heavy atom. The molecule has 2 rings (SSSR count). The fourth-order valence-electron chi connectivity index (χ4n) is 1.71.